The van der Waals surface area contributed by atoms with Crippen LogP contribution in [0.25, 0.3) is 0 Å². The van der Waals surface area contributed by atoms with E-state index in [-0.39, 0.29) is 29.1 Å². The van der Waals surface area contributed by atoms with Crippen molar-refractivity contribution in [3.63, 3.8) is 0 Å². The van der Waals surface area contributed by atoms with Gasteiger partial charge in [-0.3, -0.25) is 9.59 Å². The van der Waals surface area contributed by atoms with Crippen LogP contribution >= 0.6 is 0 Å². The predicted molar refractivity (Wildman–Crippen MR) is 95.8 cm³/mol. The van der Waals surface area contributed by atoms with E-state index in [1.54, 1.807) is 4.90 Å². The highest BCUT2D eigenvalue weighted by Crippen LogP contribution is 2.33. The average Bonchev–Trinajstić information content (AvgIpc) is 3.13. The first-order valence-corrected chi connectivity index (χ1v) is 9.59. The Hall–Kier alpha value is -1.58. The third kappa shape index (κ3) is 4.71. The van der Waals surface area contributed by atoms with Gasteiger partial charge in [0, 0.05) is 13.0 Å². The minimum absolute atomic E-state index is 0.0186. The Labute approximate surface area is 145 Å². The molecule has 4 heteroatoms. The average molecular weight is 333 g/mol. The molecule has 2 heterocycles. The number of hydrogen-bond donors (Lipinski definition) is 1. The van der Waals surface area contributed by atoms with Gasteiger partial charge in [-0.15, -0.1) is 0 Å². The molecule has 134 valence electrons. The fourth-order valence-electron chi connectivity index (χ4n) is 3.58. The SMILES string of the molecule is CCCCCCC/C=C/CCCC(=O)C1=C(O)[C@@H]2CCCN2C1=O. The molecule has 0 spiro atoms. The monoisotopic (exact) mass is 333 g/mol. The molecule has 2 aliphatic rings. The summed E-state index contributed by atoms with van der Waals surface area (Å²) in [5, 5.41) is 10.1. The van der Waals surface area contributed by atoms with Crippen LogP contribution in [0.3, 0.4) is 0 Å². The van der Waals surface area contributed by atoms with Crippen molar-refractivity contribution in [2.24, 2.45) is 0 Å². The molecule has 0 aromatic heterocycles. The van der Waals surface area contributed by atoms with Crippen LogP contribution in [-0.4, -0.2) is 34.3 Å². The first kappa shape index (κ1) is 18.8. The molecule has 1 fully saturated rings. The Morgan fingerprint density at radius 1 is 1.17 bits per heavy atom. The molecule has 1 N–H and O–H groups in total. The van der Waals surface area contributed by atoms with E-state index in [4.69, 9.17) is 0 Å². The Balaban J connectivity index is 1.63. The number of allylic oxidation sites excluding steroid dienone is 2. The van der Waals surface area contributed by atoms with Gasteiger partial charge in [0.2, 0.25) is 0 Å². The van der Waals surface area contributed by atoms with E-state index in [0.29, 0.717) is 13.0 Å². The summed E-state index contributed by atoms with van der Waals surface area (Å²) in [6.45, 7) is 2.88. The summed E-state index contributed by atoms with van der Waals surface area (Å²) in [5.74, 6) is -0.437. The summed E-state index contributed by atoms with van der Waals surface area (Å²) < 4.78 is 0. The molecule has 2 rings (SSSR count). The van der Waals surface area contributed by atoms with Crippen molar-refractivity contribution in [1.82, 2.24) is 4.90 Å². The number of nitrogens with zero attached hydrogens (tertiary/aromatic N) is 1. The number of ketones is 1. The van der Waals surface area contributed by atoms with Gasteiger partial charge in [-0.25, -0.2) is 0 Å². The molecular weight excluding hydrogens is 302 g/mol. The first-order valence-electron chi connectivity index (χ1n) is 9.59. The van der Waals surface area contributed by atoms with Gasteiger partial charge in [-0.05, 0) is 38.5 Å². The molecule has 0 aromatic rings. The van der Waals surface area contributed by atoms with Crippen LogP contribution in [0, 0.1) is 0 Å². The highest BCUT2D eigenvalue weighted by Gasteiger charge is 2.44. The van der Waals surface area contributed by atoms with Crippen LogP contribution in [0.4, 0.5) is 0 Å². The van der Waals surface area contributed by atoms with E-state index in [1.807, 2.05) is 0 Å². The Morgan fingerprint density at radius 2 is 1.88 bits per heavy atom. The van der Waals surface area contributed by atoms with E-state index in [2.05, 4.69) is 19.1 Å². The van der Waals surface area contributed by atoms with Gasteiger partial charge in [0.15, 0.2) is 5.78 Å². The second-order valence-electron chi connectivity index (χ2n) is 6.91. The third-order valence-electron chi connectivity index (χ3n) is 4.99. The highest BCUT2D eigenvalue weighted by atomic mass is 16.3. The van der Waals surface area contributed by atoms with Gasteiger partial charge in [0.05, 0.1) is 6.04 Å². The number of aliphatic hydroxyl groups excluding tert-OH is 1. The van der Waals surface area contributed by atoms with Crippen molar-refractivity contribution in [3.05, 3.63) is 23.5 Å². The van der Waals surface area contributed by atoms with Gasteiger partial charge in [-0.1, -0.05) is 44.8 Å². The van der Waals surface area contributed by atoms with Crippen molar-refractivity contribution in [3.8, 4) is 0 Å². The molecule has 2 aliphatic heterocycles. The molecule has 1 saturated heterocycles. The summed E-state index contributed by atoms with van der Waals surface area (Å²) in [7, 11) is 0. The summed E-state index contributed by atoms with van der Waals surface area (Å²) >= 11 is 0. The lowest BCUT2D eigenvalue weighted by Crippen LogP contribution is -2.30. The van der Waals surface area contributed by atoms with Gasteiger partial charge >= 0.3 is 0 Å². The fraction of sp³-hybridized carbons (Fsp3) is 0.700. The maximum atomic E-state index is 12.2. The summed E-state index contributed by atoms with van der Waals surface area (Å²) in [6, 6.07) is -0.232. The lowest BCUT2D eigenvalue weighted by atomic mass is 10.0. The minimum atomic E-state index is -0.261. The smallest absolute Gasteiger partial charge is 0.261 e. The van der Waals surface area contributed by atoms with E-state index in [1.165, 1.54) is 32.1 Å². The normalized spacial score (nSPS) is 20.5. The number of carbonyl (C=O) groups is 2. The molecule has 1 atom stereocenters. The number of rotatable bonds is 11. The molecule has 0 radical (unpaired) electrons. The van der Waals surface area contributed by atoms with E-state index in [0.717, 1.165) is 32.1 Å². The topological polar surface area (TPSA) is 57.6 Å². The predicted octanol–water partition coefficient (Wildman–Crippen LogP) is 4.46. The van der Waals surface area contributed by atoms with Gasteiger partial charge in [0.1, 0.15) is 11.3 Å². The molecule has 0 aromatic carbocycles. The maximum absolute atomic E-state index is 12.2. The Kier molecular flexibility index (Phi) is 7.54. The number of carbonyl (C=O) groups excluding carboxylic acids is 2. The second kappa shape index (κ2) is 9.65. The fourth-order valence-corrected chi connectivity index (χ4v) is 3.58. The van der Waals surface area contributed by atoms with E-state index < -0.39 is 0 Å². The van der Waals surface area contributed by atoms with Gasteiger partial charge in [-0.2, -0.15) is 0 Å². The molecule has 24 heavy (non-hydrogen) atoms. The lowest BCUT2D eigenvalue weighted by molar-refractivity contribution is -0.128. The molecule has 0 aliphatic carbocycles. The molecular formula is C20H31NO3. The molecule has 0 bridgehead atoms. The quantitative estimate of drug-likeness (QED) is 0.345. The van der Waals surface area contributed by atoms with Crippen LogP contribution < -0.4 is 0 Å². The van der Waals surface area contributed by atoms with Crippen LogP contribution in [-0.2, 0) is 9.59 Å². The zero-order valence-corrected chi connectivity index (χ0v) is 14.9. The minimum Gasteiger partial charge on any atom is -0.509 e. The largest absolute Gasteiger partial charge is 0.509 e. The first-order chi connectivity index (χ1) is 11.7. The van der Waals surface area contributed by atoms with Crippen molar-refractivity contribution >= 4 is 11.7 Å². The van der Waals surface area contributed by atoms with Gasteiger partial charge < -0.3 is 10.0 Å². The summed E-state index contributed by atoms with van der Waals surface area (Å²) in [6.07, 6.45) is 15.5. The second-order valence-corrected chi connectivity index (χ2v) is 6.91. The van der Waals surface area contributed by atoms with Crippen LogP contribution in [0.5, 0.6) is 0 Å². The number of hydrogen-bond acceptors (Lipinski definition) is 3. The maximum Gasteiger partial charge on any atom is 0.261 e. The van der Waals surface area contributed by atoms with E-state index >= 15 is 0 Å². The third-order valence-corrected chi connectivity index (χ3v) is 4.99. The van der Waals surface area contributed by atoms with Gasteiger partial charge in [0.25, 0.3) is 5.91 Å². The molecule has 4 nitrogen and oxygen atoms in total. The standard InChI is InChI=1S/C20H31NO3/c1-2-3-4-5-6-7-8-9-10-11-14-17(22)18-19(23)16-13-12-15-21(16)20(18)24/h8-9,16,23H,2-7,10-15H2,1H3/b9-8+/t16-/m0/s1. The number of Topliss-reactive ketones (excluding diaryl/α,β-unsaturated/α-hetero) is 1. The number of unbranched alkanes of at least 4 members (excludes halogenated alkanes) is 6. The summed E-state index contributed by atoms with van der Waals surface area (Å²) in [4.78, 5) is 26.1. The highest BCUT2D eigenvalue weighted by molar-refractivity contribution is 6.21. The van der Waals surface area contributed by atoms with Crippen LogP contribution in [0.15, 0.2) is 23.5 Å². The van der Waals surface area contributed by atoms with Crippen LogP contribution in [0.2, 0.25) is 0 Å². The summed E-state index contributed by atoms with van der Waals surface area (Å²) in [5.41, 5.74) is 0.0552. The zero-order chi connectivity index (χ0) is 17.4. The molecule has 1 amide bonds. The number of amides is 1. The van der Waals surface area contributed by atoms with Crippen molar-refractivity contribution in [2.45, 2.75) is 83.6 Å². The van der Waals surface area contributed by atoms with Crippen molar-refractivity contribution in [1.29, 1.82) is 0 Å². The Morgan fingerprint density at radius 3 is 2.58 bits per heavy atom. The van der Waals surface area contributed by atoms with E-state index in [9.17, 15) is 14.7 Å². The zero-order valence-electron chi connectivity index (χ0n) is 14.9. The van der Waals surface area contributed by atoms with Crippen molar-refractivity contribution < 1.29 is 14.7 Å². The lowest BCUT2D eigenvalue weighted by Gasteiger charge is -2.14. The Bertz CT molecular complexity index is 507. The molecule has 0 saturated carbocycles. The molecule has 0 unspecified atom stereocenters. The number of aliphatic hydroxyl groups is 1. The van der Waals surface area contributed by atoms with Crippen LogP contribution in [0.1, 0.15) is 77.6 Å². The van der Waals surface area contributed by atoms with Crippen molar-refractivity contribution in [2.75, 3.05) is 6.54 Å². The number of fused-ring (bicyclic) bond motifs is 1.